The second kappa shape index (κ2) is 10.1. The molecule has 4 N–H and O–H groups in total. The number of aromatic nitrogens is 2. The number of aliphatic carboxylic acids is 1. The summed E-state index contributed by atoms with van der Waals surface area (Å²) in [5.74, 6) is 1.69. The van der Waals surface area contributed by atoms with Gasteiger partial charge in [0.05, 0.1) is 11.2 Å². The lowest BCUT2D eigenvalue weighted by molar-refractivity contribution is -0.139. The molecule has 2 heterocycles. The maximum atomic E-state index is 13.5. The first-order valence-corrected chi connectivity index (χ1v) is 10.6. The summed E-state index contributed by atoms with van der Waals surface area (Å²) in [7, 11) is 0. The molecule has 0 amide bonds. The number of anilines is 3. The summed E-state index contributed by atoms with van der Waals surface area (Å²) >= 11 is 2.07. The molecule has 0 saturated carbocycles. The Kier molecular flexibility index (Phi) is 7.29. The Bertz CT molecular complexity index is 1040. The molecule has 4 rings (SSSR count). The van der Waals surface area contributed by atoms with Crippen molar-refractivity contribution in [3.8, 4) is 5.75 Å². The average Bonchev–Trinajstić information content (AvgIpc) is 3.28. The van der Waals surface area contributed by atoms with Crippen molar-refractivity contribution in [3.63, 3.8) is 0 Å². The van der Waals surface area contributed by atoms with Gasteiger partial charge in [-0.2, -0.15) is 11.8 Å². The molecule has 0 aliphatic carbocycles. The van der Waals surface area contributed by atoms with Crippen LogP contribution >= 0.6 is 11.8 Å². The number of nitrogen functional groups attached to an aromatic ring is 1. The maximum Gasteiger partial charge on any atom is 0.341 e. The largest absolute Gasteiger partial charge is 0.480 e. The SMILES string of the molecule is C1CCSC1.Cc1cc(N)cc2ncnc(Nc3ccc(F)cc3OCC(=O)O)c12. The van der Waals surface area contributed by atoms with Crippen molar-refractivity contribution in [3.05, 3.63) is 48.0 Å². The minimum atomic E-state index is -1.16. The number of rotatable bonds is 5. The molecule has 158 valence electrons. The van der Waals surface area contributed by atoms with Crippen LogP contribution in [-0.2, 0) is 4.79 Å². The summed E-state index contributed by atoms with van der Waals surface area (Å²) in [5, 5.41) is 12.6. The topological polar surface area (TPSA) is 110 Å². The zero-order valence-electron chi connectivity index (χ0n) is 16.5. The highest BCUT2D eigenvalue weighted by atomic mass is 32.2. The first kappa shape index (κ1) is 21.6. The van der Waals surface area contributed by atoms with E-state index in [-0.39, 0.29) is 5.75 Å². The number of carbonyl (C=O) groups is 1. The first-order chi connectivity index (χ1) is 14.4. The third kappa shape index (κ3) is 5.73. The molecule has 1 saturated heterocycles. The molecule has 7 nitrogen and oxygen atoms in total. The number of halogens is 1. The summed E-state index contributed by atoms with van der Waals surface area (Å²) in [6, 6.07) is 7.32. The van der Waals surface area contributed by atoms with Crippen molar-refractivity contribution in [2.75, 3.05) is 29.2 Å². The molecular formula is C21H23FN4O3S. The molecule has 0 radical (unpaired) electrons. The van der Waals surface area contributed by atoms with Crippen molar-refractivity contribution < 1.29 is 19.0 Å². The highest BCUT2D eigenvalue weighted by Gasteiger charge is 2.12. The second-order valence-corrected chi connectivity index (χ2v) is 7.95. The van der Waals surface area contributed by atoms with Crippen molar-refractivity contribution in [2.24, 2.45) is 0 Å². The Labute approximate surface area is 177 Å². The Balaban J connectivity index is 0.000000448. The van der Waals surface area contributed by atoms with Gasteiger partial charge in [-0.3, -0.25) is 0 Å². The highest BCUT2D eigenvalue weighted by molar-refractivity contribution is 7.99. The molecule has 30 heavy (non-hydrogen) atoms. The van der Waals surface area contributed by atoms with E-state index in [1.807, 2.05) is 6.92 Å². The molecule has 1 aliphatic rings. The molecule has 0 bridgehead atoms. The van der Waals surface area contributed by atoms with Gasteiger partial charge in [0.25, 0.3) is 0 Å². The predicted molar refractivity (Wildman–Crippen MR) is 118 cm³/mol. The number of nitrogens with two attached hydrogens (primary N) is 1. The lowest BCUT2D eigenvalue weighted by Crippen LogP contribution is -2.11. The van der Waals surface area contributed by atoms with E-state index in [0.717, 1.165) is 17.0 Å². The Morgan fingerprint density at radius 1 is 1.27 bits per heavy atom. The van der Waals surface area contributed by atoms with Crippen molar-refractivity contribution in [1.29, 1.82) is 0 Å². The molecule has 0 unspecified atom stereocenters. The van der Waals surface area contributed by atoms with Crippen LogP contribution in [0.2, 0.25) is 0 Å². The zero-order valence-corrected chi connectivity index (χ0v) is 17.3. The summed E-state index contributed by atoms with van der Waals surface area (Å²) in [4.78, 5) is 19.1. The number of aryl methyl sites for hydroxylation is 1. The third-order valence-electron chi connectivity index (χ3n) is 4.33. The number of hydrogen-bond donors (Lipinski definition) is 3. The lowest BCUT2D eigenvalue weighted by atomic mass is 10.1. The third-order valence-corrected chi connectivity index (χ3v) is 5.49. The van der Waals surface area contributed by atoms with Crippen LogP contribution in [0.15, 0.2) is 36.7 Å². The minimum Gasteiger partial charge on any atom is -0.480 e. The van der Waals surface area contributed by atoms with E-state index in [9.17, 15) is 9.18 Å². The predicted octanol–water partition coefficient (Wildman–Crippen LogP) is 4.38. The molecule has 9 heteroatoms. The molecule has 2 aromatic carbocycles. The minimum absolute atomic E-state index is 0.0715. The van der Waals surface area contributed by atoms with Gasteiger partial charge < -0.3 is 20.9 Å². The standard InChI is InChI=1S/C17H15FN4O3.C4H8S/c1-9-4-11(19)6-13-16(9)17(21-8-20-13)22-12-3-2-10(18)5-14(12)25-7-15(23)24;1-2-4-5-3-1/h2-6,8H,7,19H2,1H3,(H,23,24)(H,20,21,22);1-4H2. The fourth-order valence-electron chi connectivity index (χ4n) is 3.01. The molecule has 1 aromatic heterocycles. The number of carboxylic acid groups (broad SMARTS) is 1. The van der Waals surface area contributed by atoms with Gasteiger partial charge in [0.2, 0.25) is 0 Å². The van der Waals surface area contributed by atoms with Crippen LogP contribution < -0.4 is 15.8 Å². The number of nitrogens with zero attached hydrogens (tertiary/aromatic N) is 2. The fraction of sp³-hybridized carbons (Fsp3) is 0.286. The summed E-state index contributed by atoms with van der Waals surface area (Å²) < 4.78 is 18.6. The second-order valence-electron chi connectivity index (χ2n) is 6.72. The van der Waals surface area contributed by atoms with Gasteiger partial charge in [-0.1, -0.05) is 0 Å². The monoisotopic (exact) mass is 430 g/mol. The molecular weight excluding hydrogens is 407 g/mol. The lowest BCUT2D eigenvalue weighted by Gasteiger charge is -2.14. The van der Waals surface area contributed by atoms with Crippen molar-refractivity contribution >= 4 is 45.8 Å². The number of nitrogens with one attached hydrogen (secondary N) is 1. The van der Waals surface area contributed by atoms with Crippen LogP contribution in [0.1, 0.15) is 18.4 Å². The number of carboxylic acids is 1. The van der Waals surface area contributed by atoms with E-state index in [1.54, 1.807) is 12.1 Å². The van der Waals surface area contributed by atoms with Gasteiger partial charge in [-0.05, 0) is 61.1 Å². The Hall–Kier alpha value is -3.07. The zero-order chi connectivity index (χ0) is 21.5. The molecule has 3 aromatic rings. The smallest absolute Gasteiger partial charge is 0.341 e. The van der Waals surface area contributed by atoms with Crippen LogP contribution in [0.25, 0.3) is 10.9 Å². The van der Waals surface area contributed by atoms with Crippen LogP contribution in [-0.4, -0.2) is 39.2 Å². The van der Waals surface area contributed by atoms with Crippen LogP contribution in [0.4, 0.5) is 21.6 Å². The molecule has 0 atom stereocenters. The van der Waals surface area contributed by atoms with E-state index in [4.69, 9.17) is 15.6 Å². The number of fused-ring (bicyclic) bond motifs is 1. The molecule has 1 aliphatic heterocycles. The quantitative estimate of drug-likeness (QED) is 0.512. The highest BCUT2D eigenvalue weighted by Crippen LogP contribution is 2.32. The number of thioether (sulfide) groups is 1. The summed E-state index contributed by atoms with van der Waals surface area (Å²) in [6.07, 6.45) is 4.31. The van der Waals surface area contributed by atoms with E-state index >= 15 is 0 Å². The fourth-order valence-corrected chi connectivity index (χ4v) is 4.03. The van der Waals surface area contributed by atoms with Crippen molar-refractivity contribution in [1.82, 2.24) is 9.97 Å². The Morgan fingerprint density at radius 2 is 2.03 bits per heavy atom. The number of hydrogen-bond acceptors (Lipinski definition) is 7. The Morgan fingerprint density at radius 3 is 2.70 bits per heavy atom. The van der Waals surface area contributed by atoms with Gasteiger partial charge in [-0.25, -0.2) is 19.2 Å². The van der Waals surface area contributed by atoms with E-state index < -0.39 is 18.4 Å². The summed E-state index contributed by atoms with van der Waals surface area (Å²) in [6.45, 7) is 1.29. The first-order valence-electron chi connectivity index (χ1n) is 9.44. The number of benzene rings is 2. The van der Waals surface area contributed by atoms with E-state index in [0.29, 0.717) is 22.7 Å². The van der Waals surface area contributed by atoms with Gasteiger partial charge >= 0.3 is 5.97 Å². The van der Waals surface area contributed by atoms with Gasteiger partial charge in [0.15, 0.2) is 6.61 Å². The molecule has 1 fully saturated rings. The van der Waals surface area contributed by atoms with Gasteiger partial charge in [-0.15, -0.1) is 0 Å². The van der Waals surface area contributed by atoms with Crippen molar-refractivity contribution in [2.45, 2.75) is 19.8 Å². The van der Waals surface area contributed by atoms with E-state index in [2.05, 4.69) is 27.0 Å². The van der Waals surface area contributed by atoms with Crippen LogP contribution in [0.3, 0.4) is 0 Å². The summed E-state index contributed by atoms with van der Waals surface area (Å²) in [5.41, 5.74) is 8.34. The van der Waals surface area contributed by atoms with Crippen LogP contribution in [0, 0.1) is 12.7 Å². The maximum absolute atomic E-state index is 13.5. The molecule has 0 spiro atoms. The number of ether oxygens (including phenoxy) is 1. The average molecular weight is 431 g/mol. The van der Waals surface area contributed by atoms with Gasteiger partial charge in [0, 0.05) is 17.1 Å². The van der Waals surface area contributed by atoms with E-state index in [1.165, 1.54) is 42.8 Å². The van der Waals surface area contributed by atoms with Gasteiger partial charge in [0.1, 0.15) is 23.7 Å². The van der Waals surface area contributed by atoms with Crippen LogP contribution in [0.5, 0.6) is 5.75 Å². The normalized spacial score (nSPS) is 12.9.